The molecule has 2 heterocycles. The molecule has 14 aromatic rings. The van der Waals surface area contributed by atoms with Gasteiger partial charge in [0.05, 0.1) is 16.7 Å². The molecular formula is C66H42N2O. The van der Waals surface area contributed by atoms with E-state index >= 15 is 0 Å². The average Bonchev–Trinajstić information content (AvgIpc) is 3.97. The molecule has 0 aliphatic carbocycles. The Morgan fingerprint density at radius 1 is 0.304 bits per heavy atom. The van der Waals surface area contributed by atoms with Gasteiger partial charge in [0.25, 0.3) is 0 Å². The van der Waals surface area contributed by atoms with Crippen LogP contribution < -0.4 is 4.90 Å². The monoisotopic (exact) mass is 878 g/mol. The van der Waals surface area contributed by atoms with E-state index in [9.17, 15) is 0 Å². The van der Waals surface area contributed by atoms with Gasteiger partial charge >= 0.3 is 0 Å². The summed E-state index contributed by atoms with van der Waals surface area (Å²) >= 11 is 0. The molecule has 0 aliphatic heterocycles. The normalized spacial score (nSPS) is 11.8. The number of rotatable bonds is 7. The van der Waals surface area contributed by atoms with Crippen molar-refractivity contribution < 1.29 is 4.42 Å². The van der Waals surface area contributed by atoms with Crippen molar-refractivity contribution in [2.45, 2.75) is 0 Å². The Kier molecular flexibility index (Phi) is 8.90. The quantitative estimate of drug-likeness (QED) is 0.149. The molecule has 0 atom stereocenters. The Morgan fingerprint density at radius 3 is 1.70 bits per heavy atom. The van der Waals surface area contributed by atoms with Crippen LogP contribution in [0, 0.1) is 0 Å². The van der Waals surface area contributed by atoms with Gasteiger partial charge in [-0.1, -0.05) is 176 Å². The Labute approximate surface area is 399 Å². The van der Waals surface area contributed by atoms with E-state index in [2.05, 4.69) is 264 Å². The summed E-state index contributed by atoms with van der Waals surface area (Å²) in [5.74, 6) is 0. The van der Waals surface area contributed by atoms with Crippen molar-refractivity contribution in [1.29, 1.82) is 0 Å². The first kappa shape index (κ1) is 39.0. The molecule has 322 valence electrons. The highest BCUT2D eigenvalue weighted by Gasteiger charge is 2.20. The van der Waals surface area contributed by atoms with Gasteiger partial charge < -0.3 is 13.9 Å². The number of anilines is 3. The molecule has 14 rings (SSSR count). The Balaban J connectivity index is 0.904. The molecule has 69 heavy (non-hydrogen) atoms. The highest BCUT2D eigenvalue weighted by atomic mass is 16.3. The number of fused-ring (bicyclic) bond motifs is 11. The van der Waals surface area contributed by atoms with Crippen LogP contribution >= 0.6 is 0 Å². The predicted octanol–water partition coefficient (Wildman–Crippen LogP) is 18.6. The highest BCUT2D eigenvalue weighted by Crippen LogP contribution is 2.45. The largest absolute Gasteiger partial charge is 0.455 e. The van der Waals surface area contributed by atoms with E-state index in [4.69, 9.17) is 4.42 Å². The topological polar surface area (TPSA) is 21.3 Å². The van der Waals surface area contributed by atoms with Crippen molar-refractivity contribution in [3.8, 4) is 39.1 Å². The van der Waals surface area contributed by atoms with E-state index in [0.29, 0.717) is 0 Å². The number of para-hydroxylation sites is 3. The zero-order valence-electron chi connectivity index (χ0n) is 37.6. The molecule has 12 aromatic carbocycles. The van der Waals surface area contributed by atoms with E-state index in [1.807, 2.05) is 0 Å². The summed E-state index contributed by atoms with van der Waals surface area (Å²) < 4.78 is 8.96. The number of nitrogens with zero attached hydrogens (tertiary/aromatic N) is 2. The summed E-state index contributed by atoms with van der Waals surface area (Å²) in [6.45, 7) is 0. The van der Waals surface area contributed by atoms with Crippen molar-refractivity contribution in [2.75, 3.05) is 4.90 Å². The Hall–Kier alpha value is -9.18. The lowest BCUT2D eigenvalue weighted by Gasteiger charge is -2.28. The molecule has 0 saturated carbocycles. The summed E-state index contributed by atoms with van der Waals surface area (Å²) in [4.78, 5) is 2.41. The zero-order chi connectivity index (χ0) is 45.4. The number of benzene rings is 12. The molecule has 3 nitrogen and oxygen atoms in total. The fourth-order valence-electron chi connectivity index (χ4n) is 10.9. The van der Waals surface area contributed by atoms with E-state index in [1.165, 1.54) is 54.3 Å². The second kappa shape index (κ2) is 15.7. The standard InChI is InChI=1S/C66H42N2O/c1-3-19-54-44(13-1)27-28-49-39-48(32-36-55(49)54)47-16-12-17-52(41-47)67(62-24-8-5-20-56(62)50-33-38-65-61(42-50)60-37-31-45-14-2-4-21-57(45)66(60)69-65)51-34-29-43(30-35-51)46-15-11-18-53(40-46)68-63-25-9-6-22-58(63)59-23-7-10-26-64(59)68/h1-42H. The average molecular weight is 879 g/mol. The molecular weight excluding hydrogens is 837 g/mol. The first-order valence-corrected chi connectivity index (χ1v) is 23.6. The summed E-state index contributed by atoms with van der Waals surface area (Å²) in [6.07, 6.45) is 0. The highest BCUT2D eigenvalue weighted by molar-refractivity contribution is 6.16. The van der Waals surface area contributed by atoms with Crippen LogP contribution in [-0.4, -0.2) is 4.57 Å². The molecule has 2 aromatic heterocycles. The van der Waals surface area contributed by atoms with Gasteiger partial charge in [0, 0.05) is 49.6 Å². The van der Waals surface area contributed by atoms with Gasteiger partial charge in [0.1, 0.15) is 11.2 Å². The maximum Gasteiger partial charge on any atom is 0.143 e. The first-order valence-electron chi connectivity index (χ1n) is 23.6. The van der Waals surface area contributed by atoms with Gasteiger partial charge in [-0.15, -0.1) is 0 Å². The summed E-state index contributed by atoms with van der Waals surface area (Å²) in [5, 5.41) is 12.1. The number of hydrogen-bond acceptors (Lipinski definition) is 2. The molecule has 0 unspecified atom stereocenters. The van der Waals surface area contributed by atoms with Crippen LogP contribution in [0.25, 0.3) is 115 Å². The summed E-state index contributed by atoms with van der Waals surface area (Å²) in [5.41, 5.74) is 15.5. The van der Waals surface area contributed by atoms with Crippen LogP contribution in [0.4, 0.5) is 17.1 Å². The summed E-state index contributed by atoms with van der Waals surface area (Å²) in [6, 6.07) is 92.6. The van der Waals surface area contributed by atoms with Crippen molar-refractivity contribution in [1.82, 2.24) is 4.57 Å². The summed E-state index contributed by atoms with van der Waals surface area (Å²) in [7, 11) is 0. The van der Waals surface area contributed by atoms with E-state index in [0.717, 1.165) is 77.9 Å². The number of hydrogen-bond donors (Lipinski definition) is 0. The molecule has 0 aliphatic rings. The third kappa shape index (κ3) is 6.43. The van der Waals surface area contributed by atoms with Gasteiger partial charge in [0.15, 0.2) is 0 Å². The van der Waals surface area contributed by atoms with Gasteiger partial charge in [-0.2, -0.15) is 0 Å². The Bertz CT molecular complexity index is 4270. The zero-order valence-corrected chi connectivity index (χ0v) is 37.6. The number of furan rings is 1. The van der Waals surface area contributed by atoms with Crippen LogP contribution in [0.3, 0.4) is 0 Å². The lowest BCUT2D eigenvalue weighted by atomic mass is 9.96. The van der Waals surface area contributed by atoms with Crippen molar-refractivity contribution in [3.05, 3.63) is 255 Å². The van der Waals surface area contributed by atoms with Crippen LogP contribution in [0.2, 0.25) is 0 Å². The number of aromatic nitrogens is 1. The lowest BCUT2D eigenvalue weighted by Crippen LogP contribution is -2.11. The minimum absolute atomic E-state index is 0.883. The van der Waals surface area contributed by atoms with Gasteiger partial charge in [-0.25, -0.2) is 0 Å². The minimum Gasteiger partial charge on any atom is -0.455 e. The smallest absolute Gasteiger partial charge is 0.143 e. The third-order valence-corrected chi connectivity index (χ3v) is 14.1. The molecule has 0 saturated heterocycles. The second-order valence-corrected chi connectivity index (χ2v) is 18.1. The predicted molar refractivity (Wildman–Crippen MR) is 292 cm³/mol. The molecule has 0 radical (unpaired) electrons. The molecule has 0 spiro atoms. The fourth-order valence-corrected chi connectivity index (χ4v) is 10.9. The molecule has 0 N–H and O–H groups in total. The van der Waals surface area contributed by atoms with Gasteiger partial charge in [0.2, 0.25) is 0 Å². The SMILES string of the molecule is c1cc(-c2ccc3c(ccc4ccccc43)c2)cc(N(c2ccc(-c3cccc(-n4c5ccccc5c5ccccc54)c3)cc2)c2ccccc2-c2ccc3oc4c5ccccc5ccc4c3c2)c1. The van der Waals surface area contributed by atoms with E-state index in [-0.39, 0.29) is 0 Å². The maximum absolute atomic E-state index is 6.58. The minimum atomic E-state index is 0.883. The third-order valence-electron chi connectivity index (χ3n) is 14.1. The first-order chi connectivity index (χ1) is 34.2. The maximum atomic E-state index is 6.58. The van der Waals surface area contributed by atoms with E-state index in [1.54, 1.807) is 0 Å². The Morgan fingerprint density at radius 2 is 0.884 bits per heavy atom. The van der Waals surface area contributed by atoms with E-state index < -0.39 is 0 Å². The molecule has 0 amide bonds. The van der Waals surface area contributed by atoms with Crippen molar-refractivity contribution in [2.24, 2.45) is 0 Å². The van der Waals surface area contributed by atoms with Gasteiger partial charge in [-0.05, 0) is 134 Å². The molecule has 0 fully saturated rings. The van der Waals surface area contributed by atoms with Crippen LogP contribution in [-0.2, 0) is 0 Å². The lowest BCUT2D eigenvalue weighted by molar-refractivity contribution is 0.672. The van der Waals surface area contributed by atoms with Crippen molar-refractivity contribution in [3.63, 3.8) is 0 Å². The van der Waals surface area contributed by atoms with Crippen molar-refractivity contribution >= 4 is 93.1 Å². The van der Waals surface area contributed by atoms with Crippen LogP contribution in [0.15, 0.2) is 259 Å². The van der Waals surface area contributed by atoms with Crippen LogP contribution in [0.5, 0.6) is 0 Å². The fraction of sp³-hybridized carbons (Fsp3) is 0. The molecule has 0 bridgehead atoms. The van der Waals surface area contributed by atoms with Gasteiger partial charge in [-0.3, -0.25) is 0 Å². The molecule has 3 heteroatoms. The van der Waals surface area contributed by atoms with Crippen LogP contribution in [0.1, 0.15) is 0 Å². The second-order valence-electron chi connectivity index (χ2n) is 18.1.